The maximum atomic E-state index is 12.8. The Kier molecular flexibility index (Phi) is 5.13. The lowest BCUT2D eigenvalue weighted by Crippen LogP contribution is -2.26. The first-order chi connectivity index (χ1) is 15.8. The molecule has 0 aliphatic carbocycles. The van der Waals surface area contributed by atoms with Crippen molar-refractivity contribution in [1.82, 2.24) is 15.0 Å². The van der Waals surface area contributed by atoms with E-state index in [9.17, 15) is 13.2 Å². The number of carbonyl (C=O) groups is 1. The third-order valence-electron chi connectivity index (χ3n) is 5.72. The molecule has 1 aromatic carbocycles. The van der Waals surface area contributed by atoms with Gasteiger partial charge in [0.25, 0.3) is 0 Å². The van der Waals surface area contributed by atoms with Crippen LogP contribution in [0, 0.1) is 5.92 Å². The first-order valence-corrected chi connectivity index (χ1v) is 12.4. The van der Waals surface area contributed by atoms with Crippen molar-refractivity contribution in [2.24, 2.45) is 5.92 Å². The van der Waals surface area contributed by atoms with Gasteiger partial charge in [0.2, 0.25) is 5.91 Å². The average Bonchev–Trinajstić information content (AvgIpc) is 3.36. The second-order valence-electron chi connectivity index (χ2n) is 8.19. The van der Waals surface area contributed by atoms with Gasteiger partial charge in [-0.3, -0.25) is 9.78 Å². The topological polar surface area (TPSA) is 105 Å². The summed E-state index contributed by atoms with van der Waals surface area (Å²) in [4.78, 5) is 26.3. The van der Waals surface area contributed by atoms with Gasteiger partial charge in [0.05, 0.1) is 23.3 Å². The molecule has 1 aliphatic rings. The summed E-state index contributed by atoms with van der Waals surface area (Å²) in [5.74, 6) is 0.854. The zero-order chi connectivity index (χ0) is 23.2. The van der Waals surface area contributed by atoms with Crippen LogP contribution in [0.1, 0.15) is 13.3 Å². The van der Waals surface area contributed by atoms with E-state index in [0.717, 1.165) is 35.0 Å². The largest absolute Gasteiger partial charge is 0.454 e. The summed E-state index contributed by atoms with van der Waals surface area (Å²) in [6.45, 7) is 2.52. The van der Waals surface area contributed by atoms with Crippen LogP contribution in [0.5, 0.6) is 11.5 Å². The number of benzene rings is 1. The molecule has 1 fully saturated rings. The summed E-state index contributed by atoms with van der Waals surface area (Å²) in [6.07, 6.45) is 4.98. The van der Waals surface area contributed by atoms with Crippen molar-refractivity contribution in [2.75, 3.05) is 17.7 Å². The van der Waals surface area contributed by atoms with E-state index < -0.39 is 9.84 Å². The number of anilines is 1. The van der Waals surface area contributed by atoms with Gasteiger partial charge in [-0.25, -0.2) is 13.4 Å². The van der Waals surface area contributed by atoms with Gasteiger partial charge in [0.15, 0.2) is 20.6 Å². The first-order valence-electron chi connectivity index (χ1n) is 10.5. The minimum Gasteiger partial charge on any atom is -0.454 e. The number of pyridine rings is 2. The molecular formula is C24H22N4O4S. The molecule has 5 rings (SSSR count). The van der Waals surface area contributed by atoms with Gasteiger partial charge in [0.1, 0.15) is 5.75 Å². The van der Waals surface area contributed by atoms with E-state index in [-0.39, 0.29) is 16.9 Å². The van der Waals surface area contributed by atoms with Crippen molar-refractivity contribution in [3.63, 3.8) is 0 Å². The number of hydrogen-bond acceptors (Lipinski definition) is 6. The van der Waals surface area contributed by atoms with E-state index in [1.165, 1.54) is 12.3 Å². The highest BCUT2D eigenvalue weighted by molar-refractivity contribution is 7.90. The lowest BCUT2D eigenvalue weighted by Gasteiger charge is -2.20. The predicted molar refractivity (Wildman–Crippen MR) is 125 cm³/mol. The van der Waals surface area contributed by atoms with E-state index in [2.05, 4.69) is 15.0 Å². The van der Waals surface area contributed by atoms with Crippen LogP contribution < -0.4 is 9.64 Å². The second-order valence-corrected chi connectivity index (χ2v) is 10.2. The van der Waals surface area contributed by atoms with Crippen molar-refractivity contribution in [2.45, 2.75) is 18.4 Å². The van der Waals surface area contributed by atoms with Crippen molar-refractivity contribution >= 4 is 32.3 Å². The zero-order valence-corrected chi connectivity index (χ0v) is 19.0. The third kappa shape index (κ3) is 4.07. The van der Waals surface area contributed by atoms with Gasteiger partial charge in [-0.15, -0.1) is 0 Å². The van der Waals surface area contributed by atoms with Gasteiger partial charge < -0.3 is 14.6 Å². The molecule has 33 heavy (non-hydrogen) atoms. The molecule has 8 nitrogen and oxygen atoms in total. The number of carbonyl (C=O) groups excluding carboxylic acids is 1. The fraction of sp³-hybridized carbons (Fsp3) is 0.208. The Morgan fingerprint density at radius 3 is 2.61 bits per heavy atom. The SMILES string of the molecule is CC1CCN(c2cc3[nH]c(-c4ccccn4)cc3cc2Oc2ccc(S(C)(=O)=O)nc2)C1=O. The summed E-state index contributed by atoms with van der Waals surface area (Å²) in [5, 5.41) is 0.870. The Labute approximate surface area is 191 Å². The Morgan fingerprint density at radius 2 is 1.97 bits per heavy atom. The molecule has 168 valence electrons. The fourth-order valence-electron chi connectivity index (χ4n) is 3.94. The number of nitrogens with one attached hydrogen (secondary N) is 1. The summed E-state index contributed by atoms with van der Waals surface area (Å²) < 4.78 is 29.5. The maximum Gasteiger partial charge on any atom is 0.229 e. The number of amides is 1. The molecule has 1 atom stereocenters. The first kappa shape index (κ1) is 21.1. The quantitative estimate of drug-likeness (QED) is 0.477. The number of hydrogen-bond donors (Lipinski definition) is 1. The molecule has 1 N–H and O–H groups in total. The van der Waals surface area contributed by atoms with E-state index >= 15 is 0 Å². The van der Waals surface area contributed by atoms with Crippen LogP contribution >= 0.6 is 0 Å². The maximum absolute atomic E-state index is 12.8. The number of fused-ring (bicyclic) bond motifs is 1. The highest BCUT2D eigenvalue weighted by Crippen LogP contribution is 2.39. The molecule has 9 heteroatoms. The molecule has 1 saturated heterocycles. The molecule has 4 aromatic rings. The smallest absolute Gasteiger partial charge is 0.229 e. The molecule has 0 saturated carbocycles. The van der Waals surface area contributed by atoms with Gasteiger partial charge >= 0.3 is 0 Å². The van der Waals surface area contributed by atoms with Crippen LogP contribution in [0.15, 0.2) is 66.0 Å². The zero-order valence-electron chi connectivity index (χ0n) is 18.1. The van der Waals surface area contributed by atoms with E-state index in [1.54, 1.807) is 17.2 Å². The minimum absolute atomic E-state index is 0.0280. The average molecular weight is 463 g/mol. The number of nitrogens with zero attached hydrogens (tertiary/aromatic N) is 3. The molecule has 1 unspecified atom stereocenters. The van der Waals surface area contributed by atoms with Crippen LogP contribution in [0.4, 0.5) is 5.69 Å². The molecule has 0 radical (unpaired) electrons. The monoisotopic (exact) mass is 462 g/mol. The van der Waals surface area contributed by atoms with Crippen LogP contribution in [0.3, 0.4) is 0 Å². The van der Waals surface area contributed by atoms with Crippen molar-refractivity contribution in [3.8, 4) is 22.9 Å². The molecule has 3 aromatic heterocycles. The van der Waals surface area contributed by atoms with Crippen LogP contribution in [0.2, 0.25) is 0 Å². The number of H-pyrrole nitrogens is 1. The standard InChI is InChI=1S/C24H22N4O4S/c1-15-8-10-28(24(15)29)21-13-19-16(11-20(27-19)18-5-3-4-9-25-18)12-22(21)32-17-6-7-23(26-14-17)33(2,30)31/h3-7,9,11-15,27H,8,10H2,1-2H3. The van der Waals surface area contributed by atoms with Crippen molar-refractivity contribution in [1.29, 1.82) is 0 Å². The number of aromatic nitrogens is 3. The van der Waals surface area contributed by atoms with Gasteiger partial charge in [-0.1, -0.05) is 13.0 Å². The molecule has 0 spiro atoms. The predicted octanol–water partition coefficient (Wildman–Crippen LogP) is 4.19. The normalized spacial score (nSPS) is 16.5. The van der Waals surface area contributed by atoms with Crippen LogP contribution in [0.25, 0.3) is 22.3 Å². The highest BCUT2D eigenvalue weighted by Gasteiger charge is 2.31. The summed E-state index contributed by atoms with van der Waals surface area (Å²) in [7, 11) is -3.41. The minimum atomic E-state index is -3.41. The molecule has 1 amide bonds. The number of sulfone groups is 1. The van der Waals surface area contributed by atoms with Gasteiger partial charge in [-0.2, -0.15) is 0 Å². The highest BCUT2D eigenvalue weighted by atomic mass is 32.2. The van der Waals surface area contributed by atoms with Crippen molar-refractivity contribution in [3.05, 3.63) is 60.9 Å². The van der Waals surface area contributed by atoms with Gasteiger partial charge in [0, 0.05) is 35.8 Å². The summed E-state index contributed by atoms with van der Waals surface area (Å²) in [5.41, 5.74) is 3.17. The number of ether oxygens (including phenoxy) is 1. The van der Waals surface area contributed by atoms with E-state index in [1.807, 2.05) is 43.3 Å². The summed E-state index contributed by atoms with van der Waals surface area (Å²) >= 11 is 0. The third-order valence-corrected chi connectivity index (χ3v) is 6.72. The van der Waals surface area contributed by atoms with Crippen LogP contribution in [-0.4, -0.2) is 42.1 Å². The summed E-state index contributed by atoms with van der Waals surface area (Å²) in [6, 6.07) is 14.4. The Balaban J connectivity index is 1.59. The van der Waals surface area contributed by atoms with E-state index in [4.69, 9.17) is 4.74 Å². The van der Waals surface area contributed by atoms with Gasteiger partial charge in [-0.05, 0) is 48.9 Å². The second kappa shape index (κ2) is 8.00. The Bertz CT molecular complexity index is 1450. The number of rotatable bonds is 5. The van der Waals surface area contributed by atoms with E-state index in [0.29, 0.717) is 23.7 Å². The van der Waals surface area contributed by atoms with Crippen molar-refractivity contribution < 1.29 is 17.9 Å². The van der Waals surface area contributed by atoms with Crippen LogP contribution in [-0.2, 0) is 14.6 Å². The molecular weight excluding hydrogens is 440 g/mol. The molecule has 1 aliphatic heterocycles. The fourth-order valence-corrected chi connectivity index (χ4v) is 4.50. The molecule has 0 bridgehead atoms. The Morgan fingerprint density at radius 1 is 1.12 bits per heavy atom. The molecule has 4 heterocycles. The lowest BCUT2D eigenvalue weighted by atomic mass is 10.1. The number of aromatic amines is 1. The lowest BCUT2D eigenvalue weighted by molar-refractivity contribution is -0.119. The Hall–Kier alpha value is -3.72.